The van der Waals surface area contributed by atoms with E-state index in [0.717, 1.165) is 82.2 Å². The van der Waals surface area contributed by atoms with Gasteiger partial charge in [-0.15, -0.1) is 0 Å². The van der Waals surface area contributed by atoms with Crippen molar-refractivity contribution in [3.8, 4) is 0 Å². The van der Waals surface area contributed by atoms with Crippen LogP contribution in [0.3, 0.4) is 0 Å². The first-order chi connectivity index (χ1) is 64.9. The largest absolute Gasteiger partial charge is 0.388 e. The second-order valence-corrected chi connectivity index (χ2v) is 31.9. The van der Waals surface area contributed by atoms with Gasteiger partial charge in [-0.2, -0.15) is 10.2 Å². The van der Waals surface area contributed by atoms with Gasteiger partial charge >= 0.3 is 0 Å². The zero-order valence-electron chi connectivity index (χ0n) is 98.6. The summed E-state index contributed by atoms with van der Waals surface area (Å²) in [6, 6.07) is 15.1. The highest BCUT2D eigenvalue weighted by Crippen LogP contribution is 2.28. The lowest BCUT2D eigenvalue weighted by Gasteiger charge is -2.32. The van der Waals surface area contributed by atoms with Gasteiger partial charge in [-0.3, -0.25) is 39.1 Å². The third kappa shape index (κ3) is 137. The van der Waals surface area contributed by atoms with Crippen LogP contribution in [0.1, 0.15) is 253 Å². The van der Waals surface area contributed by atoms with Crippen LogP contribution in [0, 0.1) is 37.5 Å². The first-order valence-corrected chi connectivity index (χ1v) is 51.3. The van der Waals surface area contributed by atoms with Crippen molar-refractivity contribution >= 4 is 18.5 Å². The molecule has 9 aliphatic rings. The Morgan fingerprint density at radius 1 is 0.456 bits per heavy atom. The SMILES string of the molecule is C.C=NC.CC.CC.CC.CC.CC.CC.CC.CC.CC.CC1CC1.CCC(C)C.CN1CCC(N(C)C)C1.CN1CCCC1.CN1CCN(C)C(=O)C1.CN1CCN(C)CC1.CN1CCN(Cc2ccccc2)C(=O)C1.CN1CCN(Cc2cccnc2)CC1.COC.COC.COC.COC.COCC1CC1.COCC1CCC1.COCCOC.Cc1cn[nH]c1.Cc1cnn(C)c1. The van der Waals surface area contributed by atoms with E-state index in [1.165, 1.54) is 171 Å². The first kappa shape index (κ1) is 164. The van der Waals surface area contributed by atoms with Crippen molar-refractivity contribution in [1.82, 2.24) is 78.9 Å². The topological polar surface area (TPSA) is 215 Å². The van der Waals surface area contributed by atoms with Crippen LogP contribution in [-0.4, -0.2) is 411 Å². The maximum Gasteiger partial charge on any atom is 0.237 e. The molecule has 0 spiro atoms. The van der Waals surface area contributed by atoms with Gasteiger partial charge in [-0.25, -0.2) is 0 Å². The van der Waals surface area contributed by atoms with Gasteiger partial charge in [0.1, 0.15) is 0 Å². The molecular formula is C109H239N17O10. The number of aromatic amines is 1. The smallest absolute Gasteiger partial charge is 0.237 e. The average Bonchev–Trinajstić information content (AvgIpc) is 1.36. The molecule has 1 atom stereocenters. The van der Waals surface area contributed by atoms with E-state index in [-0.39, 0.29) is 19.2 Å². The number of hydrogen-bond donors (Lipinski definition) is 1. The Balaban J connectivity index is -0.0000000882. The third-order valence-electron chi connectivity index (χ3n) is 18.6. The summed E-state index contributed by atoms with van der Waals surface area (Å²) in [5, 5.41) is 10.3. The highest BCUT2D eigenvalue weighted by Gasteiger charge is 2.23. The normalized spacial score (nSPS) is 15.7. The van der Waals surface area contributed by atoms with Crippen molar-refractivity contribution < 1.29 is 47.5 Å². The fourth-order valence-electron chi connectivity index (χ4n) is 10.2. The number of likely N-dealkylation sites (tertiary alicyclic amines) is 2. The number of pyridine rings is 1. The number of nitrogens with zero attached hydrogens (tertiary/aromatic N) is 16. The fraction of sp³-hybridized carbons (Fsp3) is 0.817. The van der Waals surface area contributed by atoms with Crippen molar-refractivity contribution in [2.45, 2.75) is 263 Å². The van der Waals surface area contributed by atoms with Gasteiger partial charge in [0.25, 0.3) is 0 Å². The molecular weight excluding hydrogens is 1710 g/mol. The molecule has 136 heavy (non-hydrogen) atoms. The predicted octanol–water partition coefficient (Wildman–Crippen LogP) is 20.9. The Kier molecular flexibility index (Phi) is 167. The maximum absolute atomic E-state index is 11.7. The van der Waals surface area contributed by atoms with Gasteiger partial charge < -0.3 is 82.1 Å². The predicted molar refractivity (Wildman–Crippen MR) is 601 cm³/mol. The molecule has 0 radical (unpaired) electrons. The molecule has 3 aromatic heterocycles. The van der Waals surface area contributed by atoms with Crippen molar-refractivity contribution in [2.24, 2.45) is 35.7 Å². The Hall–Kier alpha value is -5.28. The minimum atomic E-state index is 0. The molecule has 1 unspecified atom stereocenters. The summed E-state index contributed by atoms with van der Waals surface area (Å²) in [4.78, 5) is 54.4. The van der Waals surface area contributed by atoms with Gasteiger partial charge in [0.15, 0.2) is 0 Å². The average molecular weight is 1950 g/mol. The summed E-state index contributed by atoms with van der Waals surface area (Å²) < 4.78 is 37.9. The number of aliphatic imine (C=N–C) groups is 1. The molecule has 9 heterocycles. The Bertz CT molecular complexity index is 2610. The number of carbonyl (C=O) groups is 2. The summed E-state index contributed by atoms with van der Waals surface area (Å²) in [5.41, 5.74) is 4.91. The van der Waals surface area contributed by atoms with E-state index in [1.54, 1.807) is 108 Å². The molecule has 27 heteroatoms. The minimum Gasteiger partial charge on any atom is -0.388 e. The number of hydrogen-bond acceptors (Lipinski definition) is 23. The zero-order valence-corrected chi connectivity index (χ0v) is 98.6. The van der Waals surface area contributed by atoms with Gasteiger partial charge in [0.2, 0.25) is 11.8 Å². The summed E-state index contributed by atoms with van der Waals surface area (Å²) in [7, 11) is 44.4. The number of methoxy groups -OCH3 is 8. The van der Waals surface area contributed by atoms with Crippen LogP contribution in [0.15, 0.2) is 84.6 Å². The summed E-state index contributed by atoms with van der Waals surface area (Å²) in [6.45, 7) is 76.8. The highest BCUT2D eigenvalue weighted by atomic mass is 16.5. The highest BCUT2D eigenvalue weighted by molar-refractivity contribution is 5.79. The lowest BCUT2D eigenvalue weighted by Crippen LogP contribution is -2.48. The molecule has 27 nitrogen and oxygen atoms in total. The summed E-state index contributed by atoms with van der Waals surface area (Å²) >= 11 is 0. The Labute approximate surface area is 848 Å². The molecule has 1 N–H and O–H groups in total. The molecule has 3 aliphatic carbocycles. The number of piperazine rings is 4. The number of nitrogens with one attached hydrogen (secondary N) is 1. The van der Waals surface area contributed by atoms with Crippen LogP contribution in [0.4, 0.5) is 0 Å². The molecule has 4 aromatic rings. The maximum atomic E-state index is 11.7. The van der Waals surface area contributed by atoms with Crippen LogP contribution in [0.25, 0.3) is 0 Å². The number of aromatic nitrogens is 5. The number of carbonyl (C=O) groups excluding carboxylic acids is 2. The van der Waals surface area contributed by atoms with E-state index >= 15 is 0 Å². The number of aryl methyl sites for hydroxylation is 3. The van der Waals surface area contributed by atoms with Gasteiger partial charge in [-0.05, 0) is 201 Å². The Morgan fingerprint density at radius 2 is 0.831 bits per heavy atom. The van der Waals surface area contributed by atoms with E-state index in [9.17, 15) is 9.59 Å². The van der Waals surface area contributed by atoms with Gasteiger partial charge in [0.05, 0.1) is 38.7 Å². The van der Waals surface area contributed by atoms with E-state index in [2.05, 4.69) is 195 Å². The van der Waals surface area contributed by atoms with Crippen molar-refractivity contribution in [1.29, 1.82) is 0 Å². The summed E-state index contributed by atoms with van der Waals surface area (Å²) in [5.74, 6) is 4.26. The van der Waals surface area contributed by atoms with Crippen molar-refractivity contribution in [3.63, 3.8) is 0 Å². The van der Waals surface area contributed by atoms with Gasteiger partial charge in [0, 0.05) is 249 Å². The second kappa shape index (κ2) is 138. The van der Waals surface area contributed by atoms with Crippen LogP contribution >= 0.6 is 0 Å². The molecule has 6 aliphatic heterocycles. The van der Waals surface area contributed by atoms with Crippen molar-refractivity contribution in [2.75, 3.05) is 307 Å². The van der Waals surface area contributed by atoms with Crippen LogP contribution in [0.2, 0.25) is 0 Å². The number of ether oxygens (including phenoxy) is 8. The summed E-state index contributed by atoms with van der Waals surface area (Å²) in [6.07, 6.45) is 26.7. The molecule has 6 saturated heterocycles. The molecule has 2 amide bonds. The van der Waals surface area contributed by atoms with E-state index in [4.69, 9.17) is 9.47 Å². The number of rotatable bonds is 13. The van der Waals surface area contributed by atoms with E-state index < -0.39 is 0 Å². The van der Waals surface area contributed by atoms with Crippen LogP contribution < -0.4 is 0 Å². The zero-order chi connectivity index (χ0) is 107. The first-order valence-electron chi connectivity index (χ1n) is 51.3. The fourth-order valence-corrected chi connectivity index (χ4v) is 10.2. The van der Waals surface area contributed by atoms with Crippen molar-refractivity contribution in [3.05, 3.63) is 102 Å². The standard InChI is InChI=1S/C12H16N2O.C11H17N3.C7H16N2.C6H12N2O.C6H14N2.C6H12O.C5H8N2.C5H11N.C5H10O.C5H12.C4H6N2.C4H10O2.C4H8.C2H5N.4C2H6O.9C2H6.CH4/c1-13-7-8-14(12(15)10-13)9-11-5-3-2-4-6-11;1-13-5-7-14(8-6-13)10-11-3-2-4-12-9-11;1-8(2)7-4-5-9(3)6-7;1-7-3-4-8(2)6(9)5-7;1-7-3-5-8(2)6-4-7;1-7-5-6-3-2-4-6;1-5-3-6-7(2)4-5;1-6-4-2-3-5-6;1-6-4-5-2-3-5;1-4-5(2)3;1-4-2-5-6-3-4;1-5-3-4-6-2;1-4-2-3-4;5*1-3-2;9*1-2;/h2-6H,7-10H2,1H3;2-4,9H,5-8,10H2,1H3;7H,4-6H2,1-3H3;3-5H2,1-2H3;3-6H2,1-2H3;6H,2-5H2,1H3;3-4H,1-2H3;2-5H2,1H3;5H,2-4H2,1H3;5H,4H2,1-3H3;2-3H,1H3,(H,5,6);3-4H2,1-2H3;4H,2-3H2,1H3;1H2,2H3;4*1-2H3;9*1-2H3;1H4. The molecule has 820 valence electrons. The molecule has 0 bridgehead atoms. The lowest BCUT2D eigenvalue weighted by molar-refractivity contribution is -0.136. The van der Waals surface area contributed by atoms with Crippen LogP contribution in [-0.2, 0) is 67.6 Å². The minimum absolute atomic E-state index is 0. The van der Waals surface area contributed by atoms with E-state index in [1.807, 2.05) is 232 Å². The second-order valence-electron chi connectivity index (χ2n) is 31.9. The number of likely N-dealkylation sites (N-methyl/N-ethyl adjacent to an activating group) is 8. The lowest BCUT2D eigenvalue weighted by atomic mass is 9.86. The molecule has 13 rings (SSSR count). The monoisotopic (exact) mass is 1950 g/mol. The Morgan fingerprint density at radius 3 is 1.06 bits per heavy atom. The molecule has 1 aromatic carbocycles. The van der Waals surface area contributed by atoms with Crippen LogP contribution in [0.5, 0.6) is 0 Å². The number of benzene rings is 1. The number of amides is 2. The molecule has 9 fully saturated rings. The number of H-pyrrole nitrogens is 1. The quantitative estimate of drug-likeness (QED) is 0.0972. The third-order valence-corrected chi connectivity index (χ3v) is 18.6. The van der Waals surface area contributed by atoms with Gasteiger partial charge in [-0.1, -0.05) is 222 Å². The molecule has 3 saturated carbocycles. The van der Waals surface area contributed by atoms with E-state index in [0.29, 0.717) is 26.3 Å².